The minimum absolute atomic E-state index is 0.226. The van der Waals surface area contributed by atoms with Gasteiger partial charge in [0.05, 0.1) is 31.1 Å². The Morgan fingerprint density at radius 3 is 2.79 bits per heavy atom. The first kappa shape index (κ1) is 22.1. The van der Waals surface area contributed by atoms with Gasteiger partial charge in [0.2, 0.25) is 5.91 Å². The van der Waals surface area contributed by atoms with Gasteiger partial charge in [-0.15, -0.1) is 0 Å². The van der Waals surface area contributed by atoms with Crippen LogP contribution in [0.2, 0.25) is 0 Å². The highest BCUT2D eigenvalue weighted by atomic mass is 16.5. The van der Waals surface area contributed by atoms with Crippen LogP contribution in [0.1, 0.15) is 38.2 Å². The lowest BCUT2D eigenvalue weighted by molar-refractivity contribution is -0.117. The van der Waals surface area contributed by atoms with E-state index < -0.39 is 0 Å². The number of nitrogens with two attached hydrogens (primary N) is 1. The Morgan fingerprint density at radius 2 is 2.09 bits per heavy atom. The highest BCUT2D eigenvalue weighted by Gasteiger charge is 2.23. The molecule has 1 fully saturated rings. The lowest BCUT2D eigenvalue weighted by Crippen LogP contribution is -2.45. The highest BCUT2D eigenvalue weighted by Crippen LogP contribution is 2.38. The van der Waals surface area contributed by atoms with Crippen molar-refractivity contribution in [3.63, 3.8) is 0 Å². The van der Waals surface area contributed by atoms with E-state index in [9.17, 15) is 4.79 Å². The Balaban J connectivity index is 1.48. The fourth-order valence-electron chi connectivity index (χ4n) is 4.84. The molecule has 1 amide bonds. The molecule has 0 atom stereocenters. The van der Waals surface area contributed by atoms with E-state index in [0.29, 0.717) is 23.4 Å². The van der Waals surface area contributed by atoms with Crippen LogP contribution in [0.25, 0.3) is 27.8 Å². The molecule has 0 radical (unpaired) electrons. The number of aromatic nitrogens is 5. The lowest BCUT2D eigenvalue weighted by Gasteiger charge is -2.33. The van der Waals surface area contributed by atoms with Crippen molar-refractivity contribution in [2.75, 3.05) is 31.6 Å². The molecule has 4 aromatic rings. The predicted octanol–water partition coefficient (Wildman–Crippen LogP) is 2.45. The van der Waals surface area contributed by atoms with Crippen molar-refractivity contribution in [1.29, 1.82) is 0 Å². The van der Waals surface area contributed by atoms with Crippen molar-refractivity contribution >= 4 is 28.3 Å². The van der Waals surface area contributed by atoms with Crippen molar-refractivity contribution in [1.82, 2.24) is 29.9 Å². The van der Waals surface area contributed by atoms with E-state index >= 15 is 0 Å². The van der Waals surface area contributed by atoms with E-state index in [1.54, 1.807) is 11.6 Å². The average Bonchev–Trinajstić information content (AvgIpc) is 3.46. The first-order valence-electron chi connectivity index (χ1n) is 11.6. The number of hydrogen-bond acceptors (Lipinski definition) is 7. The van der Waals surface area contributed by atoms with Gasteiger partial charge in [0, 0.05) is 36.3 Å². The minimum Gasteiger partial charge on any atom is -0.493 e. The zero-order valence-corrected chi connectivity index (χ0v) is 19.7. The van der Waals surface area contributed by atoms with Crippen LogP contribution in [0.15, 0.2) is 30.9 Å². The van der Waals surface area contributed by atoms with Gasteiger partial charge in [-0.2, -0.15) is 5.10 Å². The summed E-state index contributed by atoms with van der Waals surface area (Å²) >= 11 is 0. The maximum atomic E-state index is 11.1. The minimum atomic E-state index is -0.320. The van der Waals surface area contributed by atoms with Gasteiger partial charge in [0.25, 0.3) is 0 Å². The summed E-state index contributed by atoms with van der Waals surface area (Å²) in [5, 5.41) is 8.72. The van der Waals surface area contributed by atoms with E-state index in [2.05, 4.69) is 45.2 Å². The number of pyridine rings is 2. The average molecular weight is 463 g/mol. The SMILES string of the molecule is COc1cc(-c2[nH]c3cnc(N4CCC(NCC(N)=O)CC4)cc3c2C(C)C)cn2ncnc12. The molecule has 34 heavy (non-hydrogen) atoms. The number of nitrogens with one attached hydrogen (secondary N) is 2. The van der Waals surface area contributed by atoms with Crippen molar-refractivity contribution < 1.29 is 9.53 Å². The van der Waals surface area contributed by atoms with Crippen molar-refractivity contribution in [3.8, 4) is 17.0 Å². The van der Waals surface area contributed by atoms with Gasteiger partial charge < -0.3 is 25.7 Å². The topological polar surface area (TPSA) is 126 Å². The van der Waals surface area contributed by atoms with Gasteiger partial charge in [-0.25, -0.2) is 14.5 Å². The number of H-pyrrole nitrogens is 1. The largest absolute Gasteiger partial charge is 0.493 e. The van der Waals surface area contributed by atoms with Crippen LogP contribution < -0.4 is 20.7 Å². The third kappa shape index (κ3) is 4.05. The van der Waals surface area contributed by atoms with Crippen molar-refractivity contribution in [2.24, 2.45) is 5.73 Å². The third-order valence-corrected chi connectivity index (χ3v) is 6.52. The molecule has 10 heteroatoms. The molecule has 1 aliphatic heterocycles. The Hall–Kier alpha value is -3.66. The van der Waals surface area contributed by atoms with E-state index in [-0.39, 0.29) is 12.5 Å². The van der Waals surface area contributed by atoms with Crippen molar-refractivity contribution in [3.05, 3.63) is 36.4 Å². The number of carbonyl (C=O) groups is 1. The summed E-state index contributed by atoms with van der Waals surface area (Å²) < 4.78 is 7.31. The number of piperidine rings is 1. The van der Waals surface area contributed by atoms with Crippen LogP contribution in [-0.2, 0) is 4.79 Å². The number of rotatable bonds is 7. The van der Waals surface area contributed by atoms with E-state index in [1.807, 2.05) is 18.5 Å². The molecular formula is C24H30N8O2. The smallest absolute Gasteiger partial charge is 0.231 e. The molecule has 5 heterocycles. The molecule has 1 saturated heterocycles. The Morgan fingerprint density at radius 1 is 1.29 bits per heavy atom. The molecule has 0 bridgehead atoms. The van der Waals surface area contributed by atoms with Crippen LogP contribution in [0.4, 0.5) is 5.82 Å². The molecule has 0 saturated carbocycles. The standard InChI is InChI=1S/C24H30N8O2/c1-14(2)22-17-9-21(31-6-4-16(5-7-31)26-11-20(25)33)27-10-18(17)30-23(22)15-8-19(34-3)24-28-13-29-32(24)12-15/h8-10,12-14,16,26,30H,4-7,11H2,1-3H3,(H2,25,33). The predicted molar refractivity (Wildman–Crippen MR) is 131 cm³/mol. The number of nitrogens with zero attached hydrogens (tertiary/aromatic N) is 5. The van der Waals surface area contributed by atoms with E-state index in [4.69, 9.17) is 15.5 Å². The van der Waals surface area contributed by atoms with Crippen LogP contribution >= 0.6 is 0 Å². The molecular weight excluding hydrogens is 432 g/mol. The number of primary amides is 1. The first-order chi connectivity index (χ1) is 16.4. The van der Waals surface area contributed by atoms with Gasteiger partial charge in [-0.1, -0.05) is 13.8 Å². The summed E-state index contributed by atoms with van der Waals surface area (Å²) in [5.74, 6) is 1.62. The maximum absolute atomic E-state index is 11.1. The van der Waals surface area contributed by atoms with Crippen molar-refractivity contribution in [2.45, 2.75) is 38.6 Å². The number of amides is 1. The maximum Gasteiger partial charge on any atom is 0.231 e. The second-order valence-corrected chi connectivity index (χ2v) is 9.09. The van der Waals surface area contributed by atoms with Crippen LogP contribution in [0.3, 0.4) is 0 Å². The molecule has 0 unspecified atom stereocenters. The van der Waals surface area contributed by atoms with E-state index in [0.717, 1.165) is 48.5 Å². The monoisotopic (exact) mass is 462 g/mol. The highest BCUT2D eigenvalue weighted by molar-refractivity contribution is 5.92. The molecule has 1 aliphatic rings. The van der Waals surface area contributed by atoms with Gasteiger partial charge in [-0.3, -0.25) is 4.79 Å². The van der Waals surface area contributed by atoms with Gasteiger partial charge in [0.15, 0.2) is 11.4 Å². The first-order valence-corrected chi connectivity index (χ1v) is 11.6. The summed E-state index contributed by atoms with van der Waals surface area (Å²) in [5.41, 5.74) is 10.2. The zero-order valence-electron chi connectivity index (χ0n) is 19.7. The third-order valence-electron chi connectivity index (χ3n) is 6.52. The molecule has 5 rings (SSSR count). The molecule has 10 nitrogen and oxygen atoms in total. The number of aromatic amines is 1. The molecule has 0 spiro atoms. The fourth-order valence-corrected chi connectivity index (χ4v) is 4.84. The number of methoxy groups -OCH3 is 1. The Labute approximate surface area is 197 Å². The number of anilines is 1. The second kappa shape index (κ2) is 8.94. The Bertz CT molecular complexity index is 1330. The van der Waals surface area contributed by atoms with Gasteiger partial charge >= 0.3 is 0 Å². The number of hydrogen-bond donors (Lipinski definition) is 3. The molecule has 4 N–H and O–H groups in total. The number of carbonyl (C=O) groups excluding carboxylic acids is 1. The van der Waals surface area contributed by atoms with Crippen LogP contribution in [0.5, 0.6) is 5.75 Å². The van der Waals surface area contributed by atoms with E-state index in [1.165, 1.54) is 17.3 Å². The van der Waals surface area contributed by atoms with Crippen LogP contribution in [-0.4, -0.2) is 63.3 Å². The molecule has 4 aromatic heterocycles. The van der Waals surface area contributed by atoms with Gasteiger partial charge in [0.1, 0.15) is 12.1 Å². The summed E-state index contributed by atoms with van der Waals surface area (Å²) in [7, 11) is 1.64. The summed E-state index contributed by atoms with van der Waals surface area (Å²) in [6.07, 6.45) is 7.31. The fraction of sp³-hybridized carbons (Fsp3) is 0.417. The second-order valence-electron chi connectivity index (χ2n) is 9.09. The zero-order chi connectivity index (χ0) is 23.8. The van der Waals surface area contributed by atoms with Crippen LogP contribution in [0, 0.1) is 0 Å². The number of fused-ring (bicyclic) bond motifs is 2. The quantitative estimate of drug-likeness (QED) is 0.385. The van der Waals surface area contributed by atoms with Gasteiger partial charge in [-0.05, 0) is 36.5 Å². The summed E-state index contributed by atoms with van der Waals surface area (Å²) in [6.45, 7) is 6.39. The number of ether oxygens (including phenoxy) is 1. The lowest BCUT2D eigenvalue weighted by atomic mass is 9.97. The summed E-state index contributed by atoms with van der Waals surface area (Å²) in [6, 6.07) is 4.49. The summed E-state index contributed by atoms with van der Waals surface area (Å²) in [4.78, 5) is 26.0. The Kier molecular flexibility index (Phi) is 5.82. The molecule has 0 aliphatic carbocycles. The molecule has 0 aromatic carbocycles. The normalized spacial score (nSPS) is 15.0. The molecule has 178 valence electrons.